The van der Waals surface area contributed by atoms with Crippen LogP contribution in [0.1, 0.15) is 25.3 Å². The summed E-state index contributed by atoms with van der Waals surface area (Å²) in [5.41, 5.74) is 2.17. The fourth-order valence-electron chi connectivity index (χ4n) is 2.08. The van der Waals surface area contributed by atoms with Crippen LogP contribution >= 0.6 is 11.3 Å². The van der Waals surface area contributed by atoms with Crippen molar-refractivity contribution in [3.8, 4) is 11.5 Å². The first-order valence-corrected chi connectivity index (χ1v) is 6.72. The molecule has 0 atom stereocenters. The Hall–Kier alpha value is -1.75. The molecule has 5 heteroatoms. The third-order valence-electron chi connectivity index (χ3n) is 2.83. The van der Waals surface area contributed by atoms with Crippen molar-refractivity contribution in [2.45, 2.75) is 19.8 Å². The summed E-state index contributed by atoms with van der Waals surface area (Å²) in [7, 11) is 0. The van der Waals surface area contributed by atoms with E-state index >= 15 is 0 Å². The summed E-state index contributed by atoms with van der Waals surface area (Å²) in [6, 6.07) is 3.95. The first kappa shape index (κ1) is 11.3. The van der Waals surface area contributed by atoms with Crippen molar-refractivity contribution in [1.29, 1.82) is 0 Å². The minimum atomic E-state index is 0.301. The molecule has 0 saturated carbocycles. The van der Waals surface area contributed by atoms with Gasteiger partial charge in [0.15, 0.2) is 16.6 Å². The van der Waals surface area contributed by atoms with Gasteiger partial charge in [-0.25, -0.2) is 4.98 Å². The number of aromatic nitrogens is 1. The lowest BCUT2D eigenvalue weighted by molar-refractivity contribution is 0.173. The predicted octanol–water partition coefficient (Wildman–Crippen LogP) is 3.74. The van der Waals surface area contributed by atoms with Crippen LogP contribution in [-0.2, 0) is 0 Å². The van der Waals surface area contributed by atoms with Crippen LogP contribution in [0.2, 0.25) is 0 Å². The van der Waals surface area contributed by atoms with Gasteiger partial charge in [-0.15, -0.1) is 11.3 Å². The van der Waals surface area contributed by atoms with Gasteiger partial charge < -0.3 is 14.8 Å². The number of thiazole rings is 1. The van der Waals surface area contributed by atoms with Gasteiger partial charge in [-0.2, -0.15) is 0 Å². The average Bonchev–Trinajstić information content (AvgIpc) is 2.98. The maximum absolute atomic E-state index is 5.57. The van der Waals surface area contributed by atoms with Crippen LogP contribution in [0.25, 0.3) is 0 Å². The van der Waals surface area contributed by atoms with E-state index in [0.29, 0.717) is 12.7 Å². The highest BCUT2D eigenvalue weighted by Crippen LogP contribution is 2.44. The molecular formula is C13H14N2O2S. The molecule has 3 rings (SSSR count). The zero-order chi connectivity index (χ0) is 12.5. The fourth-order valence-corrected chi connectivity index (χ4v) is 2.62. The van der Waals surface area contributed by atoms with E-state index < -0.39 is 0 Å². The molecule has 0 bridgehead atoms. The van der Waals surface area contributed by atoms with Crippen LogP contribution in [0, 0.1) is 0 Å². The highest BCUT2D eigenvalue weighted by molar-refractivity contribution is 7.13. The normalized spacial score (nSPS) is 13.1. The molecule has 2 heterocycles. The minimum absolute atomic E-state index is 0.301. The number of nitrogens with one attached hydrogen (secondary N) is 1. The van der Waals surface area contributed by atoms with Crippen molar-refractivity contribution >= 4 is 22.2 Å². The van der Waals surface area contributed by atoms with Gasteiger partial charge in [-0.1, -0.05) is 13.8 Å². The zero-order valence-electron chi connectivity index (χ0n) is 10.3. The minimum Gasteiger partial charge on any atom is -0.454 e. The number of anilines is 2. The predicted molar refractivity (Wildman–Crippen MR) is 72.1 cm³/mol. The summed E-state index contributed by atoms with van der Waals surface area (Å²) in [6.45, 7) is 4.59. The number of rotatable bonds is 3. The number of nitrogens with zero attached hydrogens (tertiary/aromatic N) is 1. The number of ether oxygens (including phenoxy) is 2. The van der Waals surface area contributed by atoms with Crippen LogP contribution in [0.15, 0.2) is 23.7 Å². The second-order valence-corrected chi connectivity index (χ2v) is 5.27. The quantitative estimate of drug-likeness (QED) is 0.915. The summed E-state index contributed by atoms with van der Waals surface area (Å²) in [5.74, 6) is 2.03. The van der Waals surface area contributed by atoms with Crippen molar-refractivity contribution in [2.24, 2.45) is 0 Å². The highest BCUT2D eigenvalue weighted by atomic mass is 32.1. The number of fused-ring (bicyclic) bond motifs is 1. The Morgan fingerprint density at radius 3 is 2.94 bits per heavy atom. The molecule has 0 fully saturated rings. The lowest BCUT2D eigenvalue weighted by atomic mass is 9.99. The van der Waals surface area contributed by atoms with Gasteiger partial charge in [0.1, 0.15) is 0 Å². The molecule has 0 aliphatic carbocycles. The van der Waals surface area contributed by atoms with E-state index in [1.807, 2.05) is 17.5 Å². The first-order chi connectivity index (χ1) is 8.75. The van der Waals surface area contributed by atoms with Crippen molar-refractivity contribution in [1.82, 2.24) is 4.98 Å². The van der Waals surface area contributed by atoms with Gasteiger partial charge in [0.2, 0.25) is 6.79 Å². The maximum atomic E-state index is 5.57. The Morgan fingerprint density at radius 2 is 2.22 bits per heavy atom. The van der Waals surface area contributed by atoms with E-state index in [0.717, 1.165) is 27.9 Å². The molecule has 18 heavy (non-hydrogen) atoms. The summed E-state index contributed by atoms with van der Waals surface area (Å²) < 4.78 is 11.0. The van der Waals surface area contributed by atoms with E-state index in [4.69, 9.17) is 9.47 Å². The molecule has 0 spiro atoms. The molecule has 2 aromatic rings. The Morgan fingerprint density at radius 1 is 1.33 bits per heavy atom. The van der Waals surface area contributed by atoms with Crippen molar-refractivity contribution in [3.05, 3.63) is 29.3 Å². The highest BCUT2D eigenvalue weighted by Gasteiger charge is 2.23. The third kappa shape index (κ3) is 1.90. The van der Waals surface area contributed by atoms with Crippen molar-refractivity contribution < 1.29 is 9.47 Å². The molecule has 1 aliphatic rings. The first-order valence-electron chi connectivity index (χ1n) is 5.84. The van der Waals surface area contributed by atoms with E-state index in [9.17, 15) is 0 Å². The van der Waals surface area contributed by atoms with Crippen LogP contribution in [0.5, 0.6) is 11.5 Å². The average molecular weight is 262 g/mol. The third-order valence-corrected chi connectivity index (χ3v) is 3.52. The van der Waals surface area contributed by atoms with Gasteiger partial charge >= 0.3 is 0 Å². The van der Waals surface area contributed by atoms with Crippen LogP contribution in [-0.4, -0.2) is 11.8 Å². The summed E-state index contributed by atoms with van der Waals surface area (Å²) in [5, 5.41) is 6.17. The Kier molecular flexibility index (Phi) is 2.83. The van der Waals surface area contributed by atoms with Gasteiger partial charge in [-0.3, -0.25) is 0 Å². The number of hydrogen-bond donors (Lipinski definition) is 1. The monoisotopic (exact) mass is 262 g/mol. The molecule has 4 nitrogen and oxygen atoms in total. The second kappa shape index (κ2) is 4.49. The molecule has 1 aromatic carbocycles. The van der Waals surface area contributed by atoms with Crippen molar-refractivity contribution in [3.63, 3.8) is 0 Å². The Labute approximate surface area is 110 Å². The molecule has 0 unspecified atom stereocenters. The standard InChI is InChI=1S/C13H14N2O2S/c1-8(2)11-9(15-13-14-5-6-18-13)3-4-10-12(11)17-7-16-10/h3-6,8H,7H2,1-2H3,(H,14,15). The topological polar surface area (TPSA) is 43.4 Å². The Bertz CT molecular complexity index is 552. The second-order valence-electron chi connectivity index (χ2n) is 4.38. The van der Waals surface area contributed by atoms with Gasteiger partial charge in [0, 0.05) is 22.8 Å². The molecule has 0 saturated heterocycles. The molecule has 1 aliphatic heterocycles. The summed E-state index contributed by atoms with van der Waals surface area (Å²) in [4.78, 5) is 4.24. The smallest absolute Gasteiger partial charge is 0.231 e. The van der Waals surface area contributed by atoms with E-state index in [-0.39, 0.29) is 0 Å². The number of benzene rings is 1. The van der Waals surface area contributed by atoms with Gasteiger partial charge in [0.05, 0.1) is 0 Å². The molecule has 94 valence electrons. The lowest BCUT2D eigenvalue weighted by Gasteiger charge is -2.15. The number of hydrogen-bond acceptors (Lipinski definition) is 5. The van der Waals surface area contributed by atoms with Crippen LogP contribution < -0.4 is 14.8 Å². The van der Waals surface area contributed by atoms with E-state index in [2.05, 4.69) is 24.1 Å². The zero-order valence-corrected chi connectivity index (χ0v) is 11.1. The van der Waals surface area contributed by atoms with Crippen LogP contribution in [0.4, 0.5) is 10.8 Å². The summed E-state index contributed by atoms with van der Waals surface area (Å²) >= 11 is 1.58. The maximum Gasteiger partial charge on any atom is 0.231 e. The fraction of sp³-hybridized carbons (Fsp3) is 0.308. The molecule has 0 radical (unpaired) electrons. The largest absolute Gasteiger partial charge is 0.454 e. The Balaban J connectivity index is 2.03. The molecule has 1 aromatic heterocycles. The molecular weight excluding hydrogens is 248 g/mol. The van der Waals surface area contributed by atoms with Gasteiger partial charge in [-0.05, 0) is 18.1 Å². The van der Waals surface area contributed by atoms with Crippen molar-refractivity contribution in [2.75, 3.05) is 12.1 Å². The van der Waals surface area contributed by atoms with E-state index in [1.165, 1.54) is 0 Å². The summed E-state index contributed by atoms with van der Waals surface area (Å²) in [6.07, 6.45) is 1.79. The lowest BCUT2D eigenvalue weighted by Crippen LogP contribution is -2.00. The van der Waals surface area contributed by atoms with E-state index in [1.54, 1.807) is 17.5 Å². The van der Waals surface area contributed by atoms with Crippen LogP contribution in [0.3, 0.4) is 0 Å². The van der Waals surface area contributed by atoms with Gasteiger partial charge in [0.25, 0.3) is 0 Å². The SMILES string of the molecule is CC(C)c1c(Nc2nccs2)ccc2c1OCO2. The molecule has 1 N–H and O–H groups in total. The molecule has 0 amide bonds.